The molecular formula is C15H21NO2. The van der Waals surface area contributed by atoms with E-state index in [1.807, 2.05) is 25.1 Å². The van der Waals surface area contributed by atoms with Crippen molar-refractivity contribution in [2.75, 3.05) is 13.2 Å². The van der Waals surface area contributed by atoms with Crippen LogP contribution in [0, 0.1) is 5.92 Å². The van der Waals surface area contributed by atoms with Crippen molar-refractivity contribution < 1.29 is 9.53 Å². The summed E-state index contributed by atoms with van der Waals surface area (Å²) in [6.45, 7) is 3.44. The van der Waals surface area contributed by atoms with Crippen molar-refractivity contribution in [3.8, 4) is 5.75 Å². The van der Waals surface area contributed by atoms with Crippen LogP contribution in [-0.4, -0.2) is 19.1 Å². The summed E-state index contributed by atoms with van der Waals surface area (Å²) in [7, 11) is 0. The highest BCUT2D eigenvalue weighted by Gasteiger charge is 2.28. The molecule has 0 saturated heterocycles. The molecule has 1 fully saturated rings. The fourth-order valence-electron chi connectivity index (χ4n) is 1.99. The third-order valence-corrected chi connectivity index (χ3v) is 3.14. The number of amides is 1. The predicted molar refractivity (Wildman–Crippen MR) is 71.7 cm³/mol. The second kappa shape index (κ2) is 6.43. The van der Waals surface area contributed by atoms with E-state index in [-0.39, 0.29) is 5.91 Å². The normalized spacial score (nSPS) is 14.3. The Bertz CT molecular complexity index is 399. The zero-order valence-electron chi connectivity index (χ0n) is 10.9. The summed E-state index contributed by atoms with van der Waals surface area (Å²) in [4.78, 5) is 11.5. The van der Waals surface area contributed by atoms with Crippen LogP contribution < -0.4 is 10.1 Å². The molecule has 3 nitrogen and oxygen atoms in total. The van der Waals surface area contributed by atoms with Crippen molar-refractivity contribution in [1.82, 2.24) is 5.32 Å². The molecule has 3 heteroatoms. The Morgan fingerprint density at radius 1 is 1.39 bits per heavy atom. The highest BCUT2D eigenvalue weighted by molar-refractivity contribution is 5.80. The van der Waals surface area contributed by atoms with Crippen LogP contribution in [0.4, 0.5) is 0 Å². The Kier molecular flexibility index (Phi) is 4.62. The average Bonchev–Trinajstić information content (AvgIpc) is 3.21. The molecule has 1 amide bonds. The first kappa shape index (κ1) is 12.9. The number of benzene rings is 1. The zero-order valence-corrected chi connectivity index (χ0v) is 10.9. The van der Waals surface area contributed by atoms with Crippen molar-refractivity contribution >= 4 is 5.91 Å². The first-order valence-corrected chi connectivity index (χ1v) is 6.79. The number of nitrogens with one attached hydrogen (secondary N) is 1. The van der Waals surface area contributed by atoms with Gasteiger partial charge in [-0.05, 0) is 44.2 Å². The molecule has 1 N–H and O–H groups in total. The first-order valence-electron chi connectivity index (χ1n) is 6.79. The quantitative estimate of drug-likeness (QED) is 0.752. The van der Waals surface area contributed by atoms with E-state index in [0.717, 1.165) is 38.0 Å². The van der Waals surface area contributed by atoms with Crippen molar-refractivity contribution in [3.63, 3.8) is 0 Å². The Labute approximate surface area is 109 Å². The lowest BCUT2D eigenvalue weighted by atomic mass is 10.1. The molecule has 0 bridgehead atoms. The summed E-state index contributed by atoms with van der Waals surface area (Å²) in [5, 5.41) is 2.99. The topological polar surface area (TPSA) is 38.3 Å². The van der Waals surface area contributed by atoms with Gasteiger partial charge in [-0.2, -0.15) is 0 Å². The maximum atomic E-state index is 11.5. The van der Waals surface area contributed by atoms with Crippen molar-refractivity contribution in [2.45, 2.75) is 32.6 Å². The molecule has 2 rings (SSSR count). The molecule has 0 unspecified atom stereocenters. The maximum absolute atomic E-state index is 11.5. The van der Waals surface area contributed by atoms with Gasteiger partial charge in [-0.25, -0.2) is 0 Å². The van der Waals surface area contributed by atoms with Crippen LogP contribution in [0.1, 0.15) is 31.7 Å². The summed E-state index contributed by atoms with van der Waals surface area (Å²) >= 11 is 0. The minimum absolute atomic E-state index is 0.230. The molecule has 1 aromatic rings. The zero-order chi connectivity index (χ0) is 12.8. The largest absolute Gasteiger partial charge is 0.494 e. The Balaban J connectivity index is 1.73. The van der Waals surface area contributed by atoms with Gasteiger partial charge in [0.05, 0.1) is 6.61 Å². The molecule has 0 heterocycles. The van der Waals surface area contributed by atoms with Gasteiger partial charge in [0.25, 0.3) is 0 Å². The minimum Gasteiger partial charge on any atom is -0.494 e. The second-order valence-corrected chi connectivity index (χ2v) is 4.71. The third kappa shape index (κ3) is 3.76. The molecule has 1 aliphatic carbocycles. The molecule has 0 spiro atoms. The Hall–Kier alpha value is -1.51. The number of hydrogen-bond acceptors (Lipinski definition) is 2. The van der Waals surface area contributed by atoms with Gasteiger partial charge in [-0.1, -0.05) is 18.2 Å². The van der Waals surface area contributed by atoms with E-state index >= 15 is 0 Å². The lowest BCUT2D eigenvalue weighted by molar-refractivity contribution is -0.122. The van der Waals surface area contributed by atoms with Gasteiger partial charge in [0.15, 0.2) is 0 Å². The van der Waals surface area contributed by atoms with Crippen LogP contribution >= 0.6 is 0 Å². The molecular weight excluding hydrogens is 226 g/mol. The molecule has 0 radical (unpaired) electrons. The van der Waals surface area contributed by atoms with E-state index in [9.17, 15) is 4.79 Å². The molecule has 0 aromatic heterocycles. The van der Waals surface area contributed by atoms with E-state index in [1.165, 1.54) is 5.56 Å². The van der Waals surface area contributed by atoms with Gasteiger partial charge in [0, 0.05) is 12.5 Å². The standard InChI is InChI=1S/C15H21NO2/c1-2-18-14-8-4-3-6-12(14)7-5-11-16-15(17)13-9-10-13/h3-4,6,8,13H,2,5,7,9-11H2,1H3,(H,16,17). The minimum atomic E-state index is 0.230. The van der Waals surface area contributed by atoms with Gasteiger partial charge >= 0.3 is 0 Å². The fraction of sp³-hybridized carbons (Fsp3) is 0.533. The number of carbonyl (C=O) groups excluding carboxylic acids is 1. The first-order chi connectivity index (χ1) is 8.81. The second-order valence-electron chi connectivity index (χ2n) is 4.71. The van der Waals surface area contributed by atoms with Crippen LogP contribution in [0.3, 0.4) is 0 Å². The van der Waals surface area contributed by atoms with E-state index < -0.39 is 0 Å². The van der Waals surface area contributed by atoms with Crippen molar-refractivity contribution in [3.05, 3.63) is 29.8 Å². The maximum Gasteiger partial charge on any atom is 0.223 e. The SMILES string of the molecule is CCOc1ccccc1CCCNC(=O)C1CC1. The van der Waals surface area contributed by atoms with Gasteiger partial charge in [0.2, 0.25) is 5.91 Å². The number of aryl methyl sites for hydroxylation is 1. The third-order valence-electron chi connectivity index (χ3n) is 3.14. The van der Waals surface area contributed by atoms with Gasteiger partial charge in [0.1, 0.15) is 5.75 Å². The lowest BCUT2D eigenvalue weighted by Crippen LogP contribution is -2.26. The molecule has 98 valence electrons. The van der Waals surface area contributed by atoms with E-state index in [0.29, 0.717) is 12.5 Å². The lowest BCUT2D eigenvalue weighted by Gasteiger charge is -2.10. The number of rotatable bonds is 7. The number of para-hydroxylation sites is 1. The van der Waals surface area contributed by atoms with Crippen LogP contribution in [0.15, 0.2) is 24.3 Å². The average molecular weight is 247 g/mol. The number of carbonyl (C=O) groups is 1. The predicted octanol–water partition coefficient (Wildman–Crippen LogP) is 2.54. The smallest absolute Gasteiger partial charge is 0.223 e. The number of hydrogen-bond donors (Lipinski definition) is 1. The van der Waals surface area contributed by atoms with Gasteiger partial charge in [-0.3, -0.25) is 4.79 Å². The van der Waals surface area contributed by atoms with Crippen molar-refractivity contribution in [2.24, 2.45) is 5.92 Å². The van der Waals surface area contributed by atoms with Gasteiger partial charge in [-0.15, -0.1) is 0 Å². The summed E-state index contributed by atoms with van der Waals surface area (Å²) in [6, 6.07) is 8.11. The molecule has 1 aliphatic rings. The summed E-state index contributed by atoms with van der Waals surface area (Å²) in [6.07, 6.45) is 4.04. The van der Waals surface area contributed by atoms with Gasteiger partial charge < -0.3 is 10.1 Å². The molecule has 1 aromatic carbocycles. The van der Waals surface area contributed by atoms with Crippen LogP contribution in [-0.2, 0) is 11.2 Å². The van der Waals surface area contributed by atoms with Crippen LogP contribution in [0.2, 0.25) is 0 Å². The van der Waals surface area contributed by atoms with Crippen molar-refractivity contribution in [1.29, 1.82) is 0 Å². The molecule has 0 atom stereocenters. The van der Waals surface area contributed by atoms with E-state index in [4.69, 9.17) is 4.74 Å². The molecule has 0 aliphatic heterocycles. The summed E-state index contributed by atoms with van der Waals surface area (Å²) in [5.41, 5.74) is 1.22. The Morgan fingerprint density at radius 2 is 2.17 bits per heavy atom. The molecule has 1 saturated carbocycles. The highest BCUT2D eigenvalue weighted by Crippen LogP contribution is 2.28. The number of ether oxygens (including phenoxy) is 1. The highest BCUT2D eigenvalue weighted by atomic mass is 16.5. The van der Waals surface area contributed by atoms with Crippen LogP contribution in [0.5, 0.6) is 5.75 Å². The van der Waals surface area contributed by atoms with E-state index in [1.54, 1.807) is 0 Å². The summed E-state index contributed by atoms with van der Waals surface area (Å²) in [5.74, 6) is 1.50. The molecule has 18 heavy (non-hydrogen) atoms. The summed E-state index contributed by atoms with van der Waals surface area (Å²) < 4.78 is 5.58. The Morgan fingerprint density at radius 3 is 2.89 bits per heavy atom. The van der Waals surface area contributed by atoms with E-state index in [2.05, 4.69) is 11.4 Å². The monoisotopic (exact) mass is 247 g/mol. The fourth-order valence-corrected chi connectivity index (χ4v) is 1.99. The van der Waals surface area contributed by atoms with Crippen LogP contribution in [0.25, 0.3) is 0 Å².